The van der Waals surface area contributed by atoms with Gasteiger partial charge in [-0.2, -0.15) is 0 Å². The van der Waals surface area contributed by atoms with Crippen molar-refractivity contribution >= 4 is 5.91 Å². The minimum absolute atomic E-state index is 0.120. The van der Waals surface area contributed by atoms with E-state index in [1.807, 2.05) is 13.8 Å². The van der Waals surface area contributed by atoms with Crippen molar-refractivity contribution < 1.29 is 4.79 Å². The van der Waals surface area contributed by atoms with E-state index in [4.69, 9.17) is 5.73 Å². The van der Waals surface area contributed by atoms with Gasteiger partial charge >= 0.3 is 0 Å². The molecular formula is C13H28N2O. The van der Waals surface area contributed by atoms with E-state index in [2.05, 4.69) is 26.1 Å². The lowest BCUT2D eigenvalue weighted by atomic mass is 9.98. The molecule has 0 aromatic heterocycles. The Labute approximate surface area is 100 Å². The Balaban J connectivity index is 3.79. The second kappa shape index (κ2) is 6.89. The first-order valence-corrected chi connectivity index (χ1v) is 6.33. The summed E-state index contributed by atoms with van der Waals surface area (Å²) in [6.45, 7) is 10.4. The minimum atomic E-state index is -0.253. The summed E-state index contributed by atoms with van der Waals surface area (Å²) < 4.78 is 0. The molecule has 0 saturated heterocycles. The normalized spacial score (nSPS) is 15.6. The molecule has 0 aliphatic carbocycles. The van der Waals surface area contributed by atoms with E-state index in [9.17, 15) is 4.79 Å². The number of nitrogens with one attached hydrogen (secondary N) is 1. The quantitative estimate of drug-likeness (QED) is 0.703. The summed E-state index contributed by atoms with van der Waals surface area (Å²) in [5, 5.41) is 3.02. The lowest BCUT2D eigenvalue weighted by molar-refractivity contribution is -0.122. The SMILES string of the molecule is CCC(C)CC(C)NC(=O)CCC(C)(C)N. The Morgan fingerprint density at radius 1 is 1.38 bits per heavy atom. The number of hydrogen-bond acceptors (Lipinski definition) is 2. The number of nitrogens with two attached hydrogens (primary N) is 1. The van der Waals surface area contributed by atoms with E-state index in [1.54, 1.807) is 0 Å². The fraction of sp³-hybridized carbons (Fsp3) is 0.923. The second-order valence-corrected chi connectivity index (χ2v) is 5.71. The molecule has 0 radical (unpaired) electrons. The number of carbonyl (C=O) groups is 1. The number of rotatable bonds is 7. The zero-order valence-electron chi connectivity index (χ0n) is 11.5. The highest BCUT2D eigenvalue weighted by Gasteiger charge is 2.15. The van der Waals surface area contributed by atoms with E-state index in [1.165, 1.54) is 0 Å². The molecule has 2 unspecified atom stereocenters. The molecular weight excluding hydrogens is 200 g/mol. The molecule has 0 aliphatic rings. The summed E-state index contributed by atoms with van der Waals surface area (Å²) in [6, 6.07) is 0.267. The molecule has 96 valence electrons. The first kappa shape index (κ1) is 15.4. The third kappa shape index (κ3) is 8.72. The van der Waals surface area contributed by atoms with Crippen LogP contribution in [-0.2, 0) is 4.79 Å². The van der Waals surface area contributed by atoms with Gasteiger partial charge in [0.05, 0.1) is 0 Å². The number of carbonyl (C=O) groups excluding carboxylic acids is 1. The molecule has 0 fully saturated rings. The smallest absolute Gasteiger partial charge is 0.220 e. The lowest BCUT2D eigenvalue weighted by Crippen LogP contribution is -2.37. The fourth-order valence-electron chi connectivity index (χ4n) is 1.61. The van der Waals surface area contributed by atoms with Crippen LogP contribution in [0.1, 0.15) is 60.3 Å². The van der Waals surface area contributed by atoms with Gasteiger partial charge in [0.25, 0.3) is 0 Å². The molecule has 3 nitrogen and oxygen atoms in total. The highest BCUT2D eigenvalue weighted by atomic mass is 16.1. The largest absolute Gasteiger partial charge is 0.354 e. The van der Waals surface area contributed by atoms with Crippen LogP contribution in [0, 0.1) is 5.92 Å². The molecule has 16 heavy (non-hydrogen) atoms. The highest BCUT2D eigenvalue weighted by molar-refractivity contribution is 5.76. The summed E-state index contributed by atoms with van der Waals surface area (Å²) in [5.74, 6) is 0.788. The van der Waals surface area contributed by atoms with Crippen LogP contribution in [0.5, 0.6) is 0 Å². The van der Waals surface area contributed by atoms with Crippen molar-refractivity contribution in [2.45, 2.75) is 71.9 Å². The zero-order chi connectivity index (χ0) is 12.8. The van der Waals surface area contributed by atoms with Crippen LogP contribution in [0.25, 0.3) is 0 Å². The van der Waals surface area contributed by atoms with Crippen molar-refractivity contribution in [1.82, 2.24) is 5.32 Å². The Kier molecular flexibility index (Phi) is 6.65. The van der Waals surface area contributed by atoms with Crippen molar-refractivity contribution in [2.75, 3.05) is 0 Å². The van der Waals surface area contributed by atoms with Gasteiger partial charge in [-0.1, -0.05) is 20.3 Å². The molecule has 0 spiro atoms. The maximum Gasteiger partial charge on any atom is 0.220 e. The summed E-state index contributed by atoms with van der Waals surface area (Å²) in [7, 11) is 0. The molecule has 1 amide bonds. The van der Waals surface area contributed by atoms with Gasteiger partial charge < -0.3 is 11.1 Å². The van der Waals surface area contributed by atoms with Crippen LogP contribution < -0.4 is 11.1 Å². The summed E-state index contributed by atoms with van der Waals surface area (Å²) in [4.78, 5) is 11.6. The van der Waals surface area contributed by atoms with Gasteiger partial charge in [0.2, 0.25) is 5.91 Å². The molecule has 0 aliphatic heterocycles. The van der Waals surface area contributed by atoms with E-state index < -0.39 is 0 Å². The number of hydrogen-bond donors (Lipinski definition) is 2. The monoisotopic (exact) mass is 228 g/mol. The van der Waals surface area contributed by atoms with Crippen molar-refractivity contribution in [3.63, 3.8) is 0 Å². The second-order valence-electron chi connectivity index (χ2n) is 5.71. The Morgan fingerprint density at radius 3 is 2.38 bits per heavy atom. The van der Waals surface area contributed by atoms with Crippen LogP contribution in [-0.4, -0.2) is 17.5 Å². The molecule has 3 heteroatoms. The first-order chi connectivity index (χ1) is 7.24. The van der Waals surface area contributed by atoms with Crippen LogP contribution in [0.3, 0.4) is 0 Å². The predicted octanol–water partition coefficient (Wildman–Crippen LogP) is 2.44. The van der Waals surface area contributed by atoms with Gasteiger partial charge in [0.1, 0.15) is 0 Å². The average Bonchev–Trinajstić information content (AvgIpc) is 2.13. The standard InChI is InChI=1S/C13H28N2O/c1-6-10(2)9-11(3)15-12(16)7-8-13(4,5)14/h10-11H,6-9,14H2,1-5H3,(H,15,16). The third-order valence-corrected chi connectivity index (χ3v) is 2.86. The van der Waals surface area contributed by atoms with Gasteiger partial charge in [0, 0.05) is 18.0 Å². The van der Waals surface area contributed by atoms with Gasteiger partial charge in [-0.25, -0.2) is 0 Å². The Morgan fingerprint density at radius 2 is 1.94 bits per heavy atom. The Hall–Kier alpha value is -0.570. The third-order valence-electron chi connectivity index (χ3n) is 2.86. The maximum absolute atomic E-state index is 11.6. The molecule has 3 N–H and O–H groups in total. The maximum atomic E-state index is 11.6. The first-order valence-electron chi connectivity index (χ1n) is 6.33. The average molecular weight is 228 g/mol. The highest BCUT2D eigenvalue weighted by Crippen LogP contribution is 2.10. The summed E-state index contributed by atoms with van der Waals surface area (Å²) >= 11 is 0. The molecule has 0 rings (SSSR count). The molecule has 0 aromatic rings. The number of amides is 1. The van der Waals surface area contributed by atoms with Gasteiger partial charge in [0.15, 0.2) is 0 Å². The molecule has 0 heterocycles. The van der Waals surface area contributed by atoms with Crippen LogP contribution >= 0.6 is 0 Å². The van der Waals surface area contributed by atoms with Gasteiger partial charge in [-0.15, -0.1) is 0 Å². The summed E-state index contributed by atoms with van der Waals surface area (Å²) in [6.07, 6.45) is 3.47. The van der Waals surface area contributed by atoms with Crippen LogP contribution in [0.15, 0.2) is 0 Å². The van der Waals surface area contributed by atoms with Gasteiger partial charge in [-0.3, -0.25) is 4.79 Å². The van der Waals surface area contributed by atoms with Crippen molar-refractivity contribution in [3.8, 4) is 0 Å². The lowest BCUT2D eigenvalue weighted by Gasteiger charge is -2.20. The molecule has 0 bridgehead atoms. The molecule has 2 atom stereocenters. The topological polar surface area (TPSA) is 55.1 Å². The fourth-order valence-corrected chi connectivity index (χ4v) is 1.61. The van der Waals surface area contributed by atoms with Crippen molar-refractivity contribution in [1.29, 1.82) is 0 Å². The molecule has 0 aromatic carbocycles. The minimum Gasteiger partial charge on any atom is -0.354 e. The van der Waals surface area contributed by atoms with Gasteiger partial charge in [-0.05, 0) is 39.5 Å². The van der Waals surface area contributed by atoms with E-state index in [0.717, 1.165) is 19.3 Å². The zero-order valence-corrected chi connectivity index (χ0v) is 11.5. The van der Waals surface area contributed by atoms with Crippen LogP contribution in [0.4, 0.5) is 0 Å². The summed E-state index contributed by atoms with van der Waals surface area (Å²) in [5.41, 5.74) is 5.58. The van der Waals surface area contributed by atoms with E-state index in [0.29, 0.717) is 12.3 Å². The van der Waals surface area contributed by atoms with E-state index >= 15 is 0 Å². The van der Waals surface area contributed by atoms with Crippen molar-refractivity contribution in [3.05, 3.63) is 0 Å². The Bertz CT molecular complexity index is 208. The predicted molar refractivity (Wildman–Crippen MR) is 69.2 cm³/mol. The molecule has 0 saturated carbocycles. The van der Waals surface area contributed by atoms with E-state index in [-0.39, 0.29) is 17.5 Å². The van der Waals surface area contributed by atoms with Crippen molar-refractivity contribution in [2.24, 2.45) is 11.7 Å². The van der Waals surface area contributed by atoms with Crippen LogP contribution in [0.2, 0.25) is 0 Å².